The first-order chi connectivity index (χ1) is 45.6. The summed E-state index contributed by atoms with van der Waals surface area (Å²) in [5, 5.41) is 109. The lowest BCUT2D eigenvalue weighted by atomic mass is 10.1. The Hall–Kier alpha value is -8.52. The van der Waals surface area contributed by atoms with Gasteiger partial charge in [0.25, 0.3) is 23.6 Å². The normalized spacial score (nSPS) is 11.2. The molecule has 0 saturated heterocycles. The highest BCUT2D eigenvalue weighted by Gasteiger charge is 2.32. The number of aliphatic hydroxyl groups excluding tert-OH is 2. The summed E-state index contributed by atoms with van der Waals surface area (Å²) in [4.78, 5) is 163. The summed E-state index contributed by atoms with van der Waals surface area (Å²) >= 11 is 10.5. The van der Waals surface area contributed by atoms with Gasteiger partial charge < -0.3 is 91.9 Å². The number of carbonyl (C=O) groups is 12. The van der Waals surface area contributed by atoms with Crippen molar-refractivity contribution in [3.63, 3.8) is 0 Å². The molecule has 0 aliphatic rings. The number of aliphatic imine (C=N–C) groups is 2. The average Bonchev–Trinajstić information content (AvgIpc) is 0.770. The third-order valence-corrected chi connectivity index (χ3v) is 19.2. The van der Waals surface area contributed by atoms with Crippen LogP contribution >= 0.6 is 136 Å². The number of nitrogens with one attached hydrogen (secondary N) is 4. The molecule has 0 atom stereocenters. The summed E-state index contributed by atoms with van der Waals surface area (Å²) in [7, 11) is 0. The minimum atomic E-state index is -1.32. The second-order valence-corrected chi connectivity index (χ2v) is 26.4. The van der Waals surface area contributed by atoms with Crippen LogP contribution in [0.25, 0.3) is 0 Å². The average molecular weight is 2010 g/mol. The number of rotatable bonds is 32. The molecule has 6 aromatic carbocycles. The topological polar surface area (TPSA) is 493 Å². The van der Waals surface area contributed by atoms with Crippen LogP contribution in [0.4, 0.5) is 56.9 Å². The van der Waals surface area contributed by atoms with E-state index >= 15 is 0 Å². The van der Waals surface area contributed by atoms with Crippen molar-refractivity contribution in [1.82, 2.24) is 0 Å². The van der Waals surface area contributed by atoms with Gasteiger partial charge in [-0.1, -0.05) is 0 Å². The first-order valence-electron chi connectivity index (χ1n) is 27.0. The molecule has 0 spiro atoms. The zero-order valence-corrected chi connectivity index (χ0v) is 61.9. The molecule has 0 aliphatic carbocycles. The van der Waals surface area contributed by atoms with Gasteiger partial charge >= 0.3 is 47.8 Å². The molecule has 6 rings (SSSR count). The second kappa shape index (κ2) is 35.1. The largest absolute Gasteiger partial charge is 0.496 e. The Balaban J connectivity index is 1.45. The Morgan fingerprint density at radius 1 is 0.278 bits per heavy atom. The summed E-state index contributed by atoms with van der Waals surface area (Å²) in [5.74, 6) is -15.8. The second-order valence-electron chi connectivity index (χ2n) is 19.9. The first kappa shape index (κ1) is 77.5. The fourth-order valence-electron chi connectivity index (χ4n) is 8.83. The number of amides is 4. The number of nitrogens with zero attached hydrogens (tertiary/aromatic N) is 6. The maximum absolute atomic E-state index is 14.5. The highest BCUT2D eigenvalue weighted by molar-refractivity contribution is 14.1. The molecule has 32 nitrogen and oxygen atoms in total. The van der Waals surface area contributed by atoms with Crippen LogP contribution in [0.2, 0.25) is 0 Å². The molecule has 0 aliphatic heterocycles. The molecule has 6 aromatic rings. The van der Waals surface area contributed by atoms with Gasteiger partial charge in [0, 0.05) is 52.6 Å². The molecule has 97 heavy (non-hydrogen) atoms. The number of hydrogen-bond donors (Lipinski definition) is 14. The van der Waals surface area contributed by atoms with E-state index in [4.69, 9.17) is 0 Å². The Bertz CT molecular complexity index is 3650. The van der Waals surface area contributed by atoms with Gasteiger partial charge in [0.05, 0.1) is 54.3 Å². The number of anilines is 8. The van der Waals surface area contributed by atoms with Crippen LogP contribution in [-0.4, -0.2) is 187 Å². The van der Waals surface area contributed by atoms with E-state index in [0.717, 1.165) is 19.6 Å². The molecule has 38 heteroatoms. The molecule has 508 valence electrons. The number of hydrogen-bond acceptors (Lipinski definition) is 18. The van der Waals surface area contributed by atoms with E-state index in [1.54, 1.807) is 136 Å². The predicted octanol–water partition coefficient (Wildman–Crippen LogP) is 8.49. The molecule has 0 aromatic heterocycles. The van der Waals surface area contributed by atoms with Crippen molar-refractivity contribution >= 4 is 276 Å². The number of carboxylic acids is 8. The Morgan fingerprint density at radius 2 is 0.443 bits per heavy atom. The maximum Gasteiger partial charge on any atom is 0.323 e. The van der Waals surface area contributed by atoms with Crippen LogP contribution < -0.4 is 40.9 Å². The van der Waals surface area contributed by atoms with E-state index in [1.807, 2.05) is 0 Å². The molecule has 0 radical (unpaired) electrons. The fourth-order valence-corrected chi connectivity index (χ4v) is 17.6. The van der Waals surface area contributed by atoms with E-state index in [0.29, 0.717) is 0 Å². The van der Waals surface area contributed by atoms with E-state index in [2.05, 4.69) is 31.3 Å². The van der Waals surface area contributed by atoms with Gasteiger partial charge in [-0.3, -0.25) is 57.5 Å². The monoisotopic (exact) mass is 2010 g/mol. The lowest BCUT2D eigenvalue weighted by Crippen LogP contribution is -2.34. The van der Waals surface area contributed by atoms with Crippen molar-refractivity contribution in [2.45, 2.75) is 6.42 Å². The van der Waals surface area contributed by atoms with Gasteiger partial charge in [0.2, 0.25) is 0 Å². The van der Waals surface area contributed by atoms with Gasteiger partial charge in [-0.15, -0.1) is 0 Å². The lowest BCUT2D eigenvalue weighted by Gasteiger charge is -2.21. The lowest BCUT2D eigenvalue weighted by molar-refractivity contribution is -0.138. The van der Waals surface area contributed by atoms with Crippen LogP contribution in [0, 0.1) is 21.4 Å². The summed E-state index contributed by atoms with van der Waals surface area (Å²) in [6.45, 7) is -5.44. The summed E-state index contributed by atoms with van der Waals surface area (Å²) in [5.41, 5.74) is -0.123. The summed E-state index contributed by atoms with van der Waals surface area (Å²) in [6.07, 6.45) is -0.914. The fraction of sp³-hybridized carbons (Fsp3) is 0.153. The quantitative estimate of drug-likeness (QED) is 0.0107. The van der Waals surface area contributed by atoms with Gasteiger partial charge in [-0.25, -0.2) is 9.98 Å². The minimum Gasteiger partial charge on any atom is -0.496 e. The Morgan fingerprint density at radius 3 is 0.598 bits per heavy atom. The van der Waals surface area contributed by atoms with Crippen LogP contribution in [0.5, 0.6) is 0 Å². The maximum atomic E-state index is 14.5. The summed E-state index contributed by atoms with van der Waals surface area (Å²) in [6, 6.07) is 21.7. The molecule has 0 heterocycles. The third kappa shape index (κ3) is 21.7. The van der Waals surface area contributed by atoms with E-state index in [-0.39, 0.29) is 101 Å². The number of carboxylic acid groups (broad SMARTS) is 8. The van der Waals surface area contributed by atoms with Crippen LogP contribution in [0.3, 0.4) is 0 Å². The number of halogens is 6. The molecule has 0 unspecified atom stereocenters. The summed E-state index contributed by atoms with van der Waals surface area (Å²) < 4.78 is 0.112. The van der Waals surface area contributed by atoms with Gasteiger partial charge in [0.15, 0.2) is 11.8 Å². The number of carbonyl (C=O) groups excluding carboxylic acids is 4. The molecule has 0 saturated carbocycles. The Kier molecular flexibility index (Phi) is 28.1. The number of aliphatic hydroxyl groups is 2. The van der Waals surface area contributed by atoms with Crippen molar-refractivity contribution in [1.29, 1.82) is 0 Å². The van der Waals surface area contributed by atoms with Crippen molar-refractivity contribution in [3.05, 3.63) is 141 Å². The van der Waals surface area contributed by atoms with Crippen LogP contribution in [0.1, 0.15) is 47.9 Å². The number of aliphatic carboxylic acids is 8. The number of benzene rings is 6. The van der Waals surface area contributed by atoms with Crippen molar-refractivity contribution in [2.24, 2.45) is 9.98 Å². The van der Waals surface area contributed by atoms with Gasteiger partial charge in [-0.05, 0) is 233 Å². The predicted molar refractivity (Wildman–Crippen MR) is 401 cm³/mol. The van der Waals surface area contributed by atoms with E-state index < -0.39 is 142 Å². The van der Waals surface area contributed by atoms with Crippen molar-refractivity contribution in [2.75, 3.05) is 93.2 Å². The van der Waals surface area contributed by atoms with E-state index in [1.165, 1.54) is 97.1 Å². The molecule has 14 N–H and O–H groups in total. The SMILES string of the molecule is O=C(O)CN(CC(=O)O)c1ccc(NC(=O)c2c(I)c(N=C(O)CC(O)=Nc3c(I)c(C(=O)Nc4ccc(N(CC(=O)O)CC(=O)O)cc4)c(I)c(C(=O)Nc4ccc(N(CC(=O)O)CC(=O)O)cc4)c3I)c(I)c(C(=O)Nc3ccc(N(CC(=O)O)CC(=O)O)cc3)c2I)cc1. The minimum absolute atomic E-state index is 0.0171. The zero-order valence-electron chi connectivity index (χ0n) is 48.9. The molecule has 4 amide bonds. The standard InChI is InChI=1S/C59H48I6N10O22/c60-48-44(56(94)66-26-1-9-30(10-2-26)72(18-36(78)79)19-37(80)81)50(62)54(51(63)45(48)57(95)67-27-3-11-31(12-4-27)73(20-38(82)83)21-39(84)85)70-34(76)17-35(77)71-55-52(64)46(58(96)68-28-5-13-32(14-6-28)74(22-40(86)87)23-41(88)89)49(61)47(53(55)65)59(97)69-29-7-15-33(16-8-29)75(24-42(90)91)25-43(92)93/h1-16H,17-25H2,(H,66,94)(H,67,95)(H,68,96)(H,69,97)(H,70,76)(H,71,77)(H,78,79)(H,80,81)(H,82,83)(H,84,85)(H,86,87)(H,88,89)(H,90,91)(H,92,93). The smallest absolute Gasteiger partial charge is 0.323 e. The first-order valence-corrected chi connectivity index (χ1v) is 33.4. The highest BCUT2D eigenvalue weighted by atomic mass is 127. The third-order valence-electron chi connectivity index (χ3n) is 12.9. The van der Waals surface area contributed by atoms with Gasteiger partial charge in [-0.2, -0.15) is 0 Å². The van der Waals surface area contributed by atoms with E-state index in [9.17, 15) is 109 Å². The molecule has 0 bridgehead atoms. The molecular weight excluding hydrogens is 1960 g/mol. The van der Waals surface area contributed by atoms with Crippen molar-refractivity contribution in [3.8, 4) is 0 Å². The molecular formula is C59H48I6N10O22. The Labute approximate surface area is 628 Å². The van der Waals surface area contributed by atoms with Crippen LogP contribution in [-0.2, 0) is 38.4 Å². The zero-order chi connectivity index (χ0) is 71.9. The highest BCUT2D eigenvalue weighted by Crippen LogP contribution is 2.41. The van der Waals surface area contributed by atoms with Crippen LogP contribution in [0.15, 0.2) is 107 Å². The van der Waals surface area contributed by atoms with Crippen molar-refractivity contribution < 1.29 is 109 Å². The van der Waals surface area contributed by atoms with Gasteiger partial charge in [0.1, 0.15) is 52.4 Å². The molecule has 0 fully saturated rings.